The summed E-state index contributed by atoms with van der Waals surface area (Å²) < 4.78 is 0. The van der Waals surface area contributed by atoms with Crippen LogP contribution < -0.4 is 22.5 Å². The Morgan fingerprint density at radius 3 is 0.694 bits per heavy atom. The summed E-state index contributed by atoms with van der Waals surface area (Å²) in [7, 11) is 0. The predicted molar refractivity (Wildman–Crippen MR) is 153 cm³/mol. The quantitative estimate of drug-likeness (QED) is 0.110. The number of carbonyl (C=O) groups is 2. The molecule has 0 saturated heterocycles. The maximum atomic E-state index is 10.2. The maximum absolute atomic E-state index is 10.2. The summed E-state index contributed by atoms with van der Waals surface area (Å²) in [5, 5.41) is 20.3. The van der Waals surface area contributed by atoms with Gasteiger partial charge in [0.2, 0.25) is 0 Å². The Bertz CT molecular complexity index is 420. The number of unbranched alkanes of at least 4 members (excludes halogenated alkanes) is 22. The van der Waals surface area contributed by atoms with Crippen LogP contribution in [0.3, 0.4) is 0 Å². The lowest BCUT2D eigenvalue weighted by atomic mass is 10.0. The van der Waals surface area contributed by atoms with E-state index >= 15 is 0 Å². The fourth-order valence-electron chi connectivity index (χ4n) is 4.22. The minimum absolute atomic E-state index is 0. The van der Waals surface area contributed by atoms with E-state index in [0.29, 0.717) is 0 Å². The molecule has 0 amide bonds. The Morgan fingerprint density at radius 1 is 0.361 bits per heavy atom. The number of rotatable bonds is 26. The fraction of sp³-hybridized carbons (Fsp3) is 0.933. The van der Waals surface area contributed by atoms with Gasteiger partial charge in [-0.05, 0) is 25.7 Å². The first kappa shape index (κ1) is 42.0. The molecule has 36 heavy (non-hydrogen) atoms. The van der Waals surface area contributed by atoms with Crippen LogP contribution in [0.4, 0.5) is 0 Å². The van der Waals surface area contributed by atoms with Crippen LogP contribution in [-0.4, -0.2) is 11.9 Å². The zero-order chi connectivity index (χ0) is 25.5. The first-order valence-corrected chi connectivity index (χ1v) is 14.9. The second-order valence-electron chi connectivity index (χ2n) is 10.0. The Balaban J connectivity index is -0.000000271. The Kier molecular flexibility index (Phi) is 44.8. The molecule has 0 rings (SSSR count). The number of hydrogen-bond acceptors (Lipinski definition) is 4. The van der Waals surface area contributed by atoms with Gasteiger partial charge >= 0.3 is 0 Å². The number of hydrogen-bond donors (Lipinski definition) is 2. The van der Waals surface area contributed by atoms with Gasteiger partial charge in [0.25, 0.3) is 0 Å². The van der Waals surface area contributed by atoms with Gasteiger partial charge in [0.15, 0.2) is 0 Å². The number of carboxylic acids is 2. The van der Waals surface area contributed by atoms with Crippen LogP contribution in [0.2, 0.25) is 0 Å². The number of carbonyl (C=O) groups excluding carboxylic acids is 2. The molecule has 0 aliphatic carbocycles. The van der Waals surface area contributed by atoms with Crippen molar-refractivity contribution in [2.45, 2.75) is 181 Å². The van der Waals surface area contributed by atoms with Crippen molar-refractivity contribution in [1.29, 1.82) is 0 Å². The summed E-state index contributed by atoms with van der Waals surface area (Å²) >= 11 is 0. The van der Waals surface area contributed by atoms with Gasteiger partial charge in [-0.3, -0.25) is 0 Å². The van der Waals surface area contributed by atoms with Crippen molar-refractivity contribution in [2.75, 3.05) is 0 Å². The van der Waals surface area contributed by atoms with Gasteiger partial charge in [-0.25, -0.2) is 0 Å². The van der Waals surface area contributed by atoms with E-state index in [4.69, 9.17) is 0 Å². The summed E-state index contributed by atoms with van der Waals surface area (Å²) in [5.74, 6) is -1.81. The largest absolute Gasteiger partial charge is 0.550 e. The van der Waals surface area contributed by atoms with Crippen molar-refractivity contribution < 1.29 is 19.8 Å². The standard InChI is InChI=1S/C16H32O2.C14H28O2.2H3N/c1-2-3-4-5-6-7-8-9-10-11-12-13-14-15-16(17)18;1-2-3-4-5-6-7-8-9-10-11-12-13-14(15)16;;/h2-15H2,1H3,(H,17,18);2-13H2,1H3,(H,15,16);2*1H3. The molecule has 6 nitrogen and oxygen atoms in total. The highest BCUT2D eigenvalue weighted by molar-refractivity contribution is 5.64. The normalized spacial score (nSPS) is 10.1. The fourth-order valence-corrected chi connectivity index (χ4v) is 4.22. The molecule has 0 aliphatic rings. The van der Waals surface area contributed by atoms with E-state index in [9.17, 15) is 19.8 Å². The van der Waals surface area contributed by atoms with Crippen LogP contribution >= 0.6 is 0 Å². The summed E-state index contributed by atoms with van der Waals surface area (Å²) in [6, 6.07) is 0. The second-order valence-corrected chi connectivity index (χ2v) is 10.0. The van der Waals surface area contributed by atoms with Gasteiger partial charge in [0.1, 0.15) is 0 Å². The van der Waals surface area contributed by atoms with E-state index < -0.39 is 11.9 Å². The van der Waals surface area contributed by atoms with Crippen molar-refractivity contribution in [3.63, 3.8) is 0 Å². The first-order valence-electron chi connectivity index (χ1n) is 14.9. The number of carboxylic acid groups (broad SMARTS) is 2. The molecule has 0 aromatic carbocycles. The van der Waals surface area contributed by atoms with Crippen molar-refractivity contribution >= 4 is 11.9 Å². The highest BCUT2D eigenvalue weighted by Crippen LogP contribution is 2.13. The summed E-state index contributed by atoms with van der Waals surface area (Å²) in [5.41, 5.74) is 0. The lowest BCUT2D eigenvalue weighted by Crippen LogP contribution is -2.21. The SMILES string of the molecule is CCCCCCCCCCCCCC(=O)[O-].CCCCCCCCCCCCCCCC(=O)[O-].[NH4+].[NH4+]. The zero-order valence-corrected chi connectivity index (χ0v) is 25.0. The van der Waals surface area contributed by atoms with Crippen LogP contribution in [0.5, 0.6) is 0 Å². The molecule has 0 aromatic rings. The van der Waals surface area contributed by atoms with Crippen LogP contribution in [0, 0.1) is 0 Å². The van der Waals surface area contributed by atoms with Crippen molar-refractivity contribution in [3.8, 4) is 0 Å². The smallest absolute Gasteiger partial charge is 0.0414 e. The summed E-state index contributed by atoms with van der Waals surface area (Å²) in [6.07, 6.45) is 31.0. The molecule has 0 aromatic heterocycles. The third kappa shape index (κ3) is 46.2. The van der Waals surface area contributed by atoms with Crippen molar-refractivity contribution in [3.05, 3.63) is 0 Å². The van der Waals surface area contributed by atoms with Gasteiger partial charge in [-0.1, -0.05) is 155 Å². The first-order chi connectivity index (χ1) is 16.5. The Labute approximate surface area is 225 Å². The van der Waals surface area contributed by atoms with Gasteiger partial charge in [0, 0.05) is 11.9 Å². The van der Waals surface area contributed by atoms with Gasteiger partial charge in [-0.15, -0.1) is 0 Å². The molecular weight excluding hydrogens is 452 g/mol. The molecule has 0 heterocycles. The lowest BCUT2D eigenvalue weighted by Gasteiger charge is -2.03. The number of quaternary nitrogens is 2. The van der Waals surface area contributed by atoms with E-state index in [-0.39, 0.29) is 25.1 Å². The lowest BCUT2D eigenvalue weighted by molar-refractivity contribution is -0.307. The Morgan fingerprint density at radius 2 is 0.528 bits per heavy atom. The summed E-state index contributed by atoms with van der Waals surface area (Å²) in [4.78, 5) is 20.3. The molecule has 220 valence electrons. The molecule has 6 heteroatoms. The minimum atomic E-state index is -0.907. The third-order valence-corrected chi connectivity index (χ3v) is 6.47. The average Bonchev–Trinajstić information content (AvgIpc) is 2.80. The van der Waals surface area contributed by atoms with Crippen LogP contribution in [-0.2, 0) is 9.59 Å². The molecule has 0 saturated carbocycles. The second kappa shape index (κ2) is 38.4. The third-order valence-electron chi connectivity index (χ3n) is 6.47. The van der Waals surface area contributed by atoms with Crippen LogP contribution in [0.25, 0.3) is 0 Å². The monoisotopic (exact) mass is 519 g/mol. The van der Waals surface area contributed by atoms with Gasteiger partial charge in [-0.2, -0.15) is 0 Å². The molecule has 0 spiro atoms. The molecular formula is C30H66N2O4. The Hall–Kier alpha value is -1.14. The summed E-state index contributed by atoms with van der Waals surface area (Å²) in [6.45, 7) is 4.50. The van der Waals surface area contributed by atoms with E-state index in [0.717, 1.165) is 25.7 Å². The highest BCUT2D eigenvalue weighted by Gasteiger charge is 1.95. The maximum Gasteiger partial charge on any atom is 0.0414 e. The van der Waals surface area contributed by atoms with Crippen LogP contribution in [0.1, 0.15) is 181 Å². The van der Waals surface area contributed by atoms with Crippen molar-refractivity contribution in [1.82, 2.24) is 12.3 Å². The van der Waals surface area contributed by atoms with E-state index in [1.54, 1.807) is 0 Å². The zero-order valence-electron chi connectivity index (χ0n) is 25.0. The van der Waals surface area contributed by atoms with Crippen molar-refractivity contribution in [2.24, 2.45) is 0 Å². The van der Waals surface area contributed by atoms with E-state index in [1.807, 2.05) is 0 Å². The molecule has 0 bridgehead atoms. The van der Waals surface area contributed by atoms with Crippen LogP contribution in [0.15, 0.2) is 0 Å². The molecule has 0 fully saturated rings. The highest BCUT2D eigenvalue weighted by atomic mass is 16.4. The number of aliphatic carboxylic acids is 2. The predicted octanol–water partition coefficient (Wildman–Crippen LogP) is 8.41. The average molecular weight is 519 g/mol. The van der Waals surface area contributed by atoms with Gasteiger partial charge in [0.05, 0.1) is 0 Å². The van der Waals surface area contributed by atoms with Gasteiger partial charge < -0.3 is 32.1 Å². The molecule has 0 unspecified atom stereocenters. The minimum Gasteiger partial charge on any atom is -0.550 e. The van der Waals surface area contributed by atoms with E-state index in [2.05, 4.69) is 13.8 Å². The van der Waals surface area contributed by atoms with E-state index in [1.165, 1.54) is 128 Å². The topological polar surface area (TPSA) is 153 Å². The molecule has 8 N–H and O–H groups in total. The molecule has 0 aliphatic heterocycles. The molecule has 0 radical (unpaired) electrons. The molecule has 0 atom stereocenters.